The Hall–Kier alpha value is -1.78. The molecule has 110 valence electrons. The Kier molecular flexibility index (Phi) is 4.70. The normalized spacial score (nSPS) is 12.2. The lowest BCUT2D eigenvalue weighted by Gasteiger charge is -2.14. The number of aryl methyl sites for hydroxylation is 3. The Morgan fingerprint density at radius 1 is 1.10 bits per heavy atom. The van der Waals surface area contributed by atoms with Crippen LogP contribution in [0.4, 0.5) is 0 Å². The zero-order chi connectivity index (χ0) is 15.6. The van der Waals surface area contributed by atoms with Crippen LogP contribution in [-0.2, 0) is 11.1 Å². The molecule has 2 rings (SSSR count). The van der Waals surface area contributed by atoms with E-state index < -0.39 is 11.1 Å². The molecule has 2 aromatic rings. The van der Waals surface area contributed by atoms with Crippen molar-refractivity contribution in [2.75, 3.05) is 5.75 Å². The van der Waals surface area contributed by atoms with Crippen molar-refractivity contribution in [1.29, 1.82) is 0 Å². The standard InChI is InChI=1S/C17H18O3S/c1-11-8-12(2)17(13(3)9-11)15-7-5-4-6-14(15)16(18)10-21(19)20/h4-9H,10H2,1-3H3,(H,19,20). The third kappa shape index (κ3) is 3.46. The van der Waals surface area contributed by atoms with Crippen LogP contribution in [0.5, 0.6) is 0 Å². The van der Waals surface area contributed by atoms with E-state index in [0.29, 0.717) is 5.56 Å². The van der Waals surface area contributed by atoms with Crippen molar-refractivity contribution in [2.45, 2.75) is 20.8 Å². The first-order valence-corrected chi connectivity index (χ1v) is 7.95. The summed E-state index contributed by atoms with van der Waals surface area (Å²) in [6.45, 7) is 6.07. The molecule has 0 heterocycles. The maximum Gasteiger partial charge on any atom is 0.178 e. The van der Waals surface area contributed by atoms with Crippen LogP contribution >= 0.6 is 0 Å². The zero-order valence-electron chi connectivity index (χ0n) is 12.3. The number of Topliss-reactive ketones (excluding diaryl/α,β-unsaturated/α-hetero) is 1. The van der Waals surface area contributed by atoms with Gasteiger partial charge in [0.15, 0.2) is 16.9 Å². The lowest BCUT2D eigenvalue weighted by molar-refractivity contribution is 0.102. The predicted octanol–water partition coefficient (Wildman–Crippen LogP) is 3.68. The topological polar surface area (TPSA) is 54.4 Å². The summed E-state index contributed by atoms with van der Waals surface area (Å²) < 4.78 is 19.8. The average Bonchev–Trinajstić information content (AvgIpc) is 2.37. The van der Waals surface area contributed by atoms with Gasteiger partial charge in [0.25, 0.3) is 0 Å². The van der Waals surface area contributed by atoms with E-state index in [-0.39, 0.29) is 11.5 Å². The van der Waals surface area contributed by atoms with Gasteiger partial charge in [-0.1, -0.05) is 42.0 Å². The van der Waals surface area contributed by atoms with Crippen LogP contribution in [0.2, 0.25) is 0 Å². The molecule has 0 saturated heterocycles. The van der Waals surface area contributed by atoms with Gasteiger partial charge in [-0.25, -0.2) is 4.21 Å². The lowest BCUT2D eigenvalue weighted by atomic mass is 9.90. The molecule has 0 bridgehead atoms. The third-order valence-electron chi connectivity index (χ3n) is 3.43. The molecule has 1 N–H and O–H groups in total. The minimum absolute atomic E-state index is 0.314. The van der Waals surface area contributed by atoms with Crippen molar-refractivity contribution >= 4 is 16.9 Å². The van der Waals surface area contributed by atoms with Gasteiger partial charge in [-0.2, -0.15) is 0 Å². The van der Waals surface area contributed by atoms with Gasteiger partial charge >= 0.3 is 0 Å². The highest BCUT2D eigenvalue weighted by molar-refractivity contribution is 7.80. The first-order chi connectivity index (χ1) is 9.90. The molecule has 1 atom stereocenters. The van der Waals surface area contributed by atoms with Crippen molar-refractivity contribution in [3.8, 4) is 11.1 Å². The average molecular weight is 302 g/mol. The molecular formula is C17H18O3S. The maximum absolute atomic E-state index is 12.2. The summed E-state index contributed by atoms with van der Waals surface area (Å²) in [5.41, 5.74) is 5.70. The largest absolute Gasteiger partial charge is 0.306 e. The van der Waals surface area contributed by atoms with Crippen LogP contribution in [0.3, 0.4) is 0 Å². The molecule has 0 spiro atoms. The number of carbonyl (C=O) groups excluding carboxylic acids is 1. The second-order valence-corrected chi connectivity index (χ2v) is 6.14. The van der Waals surface area contributed by atoms with Crippen molar-refractivity contribution in [3.05, 3.63) is 58.7 Å². The fourth-order valence-corrected chi connectivity index (χ4v) is 3.12. The van der Waals surface area contributed by atoms with Crippen LogP contribution in [0.1, 0.15) is 27.0 Å². The van der Waals surface area contributed by atoms with Gasteiger partial charge < -0.3 is 4.55 Å². The summed E-state index contributed by atoms with van der Waals surface area (Å²) in [6.07, 6.45) is 0. The number of hydrogen-bond donors (Lipinski definition) is 1. The van der Waals surface area contributed by atoms with E-state index in [9.17, 15) is 9.00 Å². The molecule has 0 aliphatic rings. The Morgan fingerprint density at radius 3 is 2.24 bits per heavy atom. The minimum atomic E-state index is -2.12. The van der Waals surface area contributed by atoms with Crippen molar-refractivity contribution < 1.29 is 13.6 Å². The van der Waals surface area contributed by atoms with E-state index in [0.717, 1.165) is 22.3 Å². The molecule has 0 amide bonds. The number of ketones is 1. The van der Waals surface area contributed by atoms with Crippen molar-refractivity contribution in [3.63, 3.8) is 0 Å². The maximum atomic E-state index is 12.2. The highest BCUT2D eigenvalue weighted by Gasteiger charge is 2.17. The van der Waals surface area contributed by atoms with Gasteiger partial charge in [0.2, 0.25) is 0 Å². The summed E-state index contributed by atoms with van der Waals surface area (Å²) >= 11 is -2.12. The van der Waals surface area contributed by atoms with E-state index in [1.807, 2.05) is 32.9 Å². The van der Waals surface area contributed by atoms with E-state index in [1.54, 1.807) is 12.1 Å². The molecule has 0 fully saturated rings. The van der Waals surface area contributed by atoms with Gasteiger partial charge in [-0.05, 0) is 43.0 Å². The molecule has 0 aliphatic carbocycles. The second kappa shape index (κ2) is 6.33. The SMILES string of the molecule is Cc1cc(C)c(-c2ccccc2C(=O)CS(=O)O)c(C)c1. The van der Waals surface area contributed by atoms with Gasteiger partial charge in [-0.3, -0.25) is 4.79 Å². The third-order valence-corrected chi connectivity index (χ3v) is 3.94. The summed E-state index contributed by atoms with van der Waals surface area (Å²) in [5.74, 6) is -0.688. The Morgan fingerprint density at radius 2 is 1.67 bits per heavy atom. The number of carbonyl (C=O) groups is 1. The smallest absolute Gasteiger partial charge is 0.178 e. The zero-order valence-corrected chi connectivity index (χ0v) is 13.2. The van der Waals surface area contributed by atoms with Crippen molar-refractivity contribution in [2.24, 2.45) is 0 Å². The van der Waals surface area contributed by atoms with Gasteiger partial charge in [0.05, 0.1) is 0 Å². The van der Waals surface area contributed by atoms with Gasteiger partial charge in [-0.15, -0.1) is 0 Å². The summed E-state index contributed by atoms with van der Waals surface area (Å²) in [5, 5.41) is 0. The molecule has 3 nitrogen and oxygen atoms in total. The molecule has 4 heteroatoms. The molecule has 0 aliphatic heterocycles. The van der Waals surface area contributed by atoms with E-state index in [4.69, 9.17) is 4.55 Å². The highest BCUT2D eigenvalue weighted by Crippen LogP contribution is 2.31. The molecular weight excluding hydrogens is 284 g/mol. The lowest BCUT2D eigenvalue weighted by Crippen LogP contribution is -2.11. The van der Waals surface area contributed by atoms with Crippen LogP contribution in [0.15, 0.2) is 36.4 Å². The fourth-order valence-electron chi connectivity index (χ4n) is 2.74. The monoisotopic (exact) mass is 302 g/mol. The number of hydrogen-bond acceptors (Lipinski definition) is 2. The van der Waals surface area contributed by atoms with Gasteiger partial charge in [0.1, 0.15) is 5.75 Å². The van der Waals surface area contributed by atoms with E-state index >= 15 is 0 Å². The van der Waals surface area contributed by atoms with E-state index in [1.165, 1.54) is 5.56 Å². The Bertz CT molecular complexity index is 697. The Labute approximate surface area is 127 Å². The van der Waals surface area contributed by atoms with Crippen LogP contribution in [0, 0.1) is 20.8 Å². The number of rotatable bonds is 4. The van der Waals surface area contributed by atoms with E-state index in [2.05, 4.69) is 12.1 Å². The van der Waals surface area contributed by atoms with Crippen LogP contribution in [0.25, 0.3) is 11.1 Å². The van der Waals surface area contributed by atoms with Crippen LogP contribution < -0.4 is 0 Å². The van der Waals surface area contributed by atoms with Gasteiger partial charge in [0, 0.05) is 5.56 Å². The quantitative estimate of drug-likeness (QED) is 0.692. The summed E-state index contributed by atoms with van der Waals surface area (Å²) in [6, 6.07) is 11.4. The molecule has 0 aromatic heterocycles. The summed E-state index contributed by atoms with van der Waals surface area (Å²) in [7, 11) is 0. The highest BCUT2D eigenvalue weighted by atomic mass is 32.2. The molecule has 0 radical (unpaired) electrons. The van der Waals surface area contributed by atoms with Crippen LogP contribution in [-0.4, -0.2) is 20.3 Å². The molecule has 21 heavy (non-hydrogen) atoms. The minimum Gasteiger partial charge on any atom is -0.306 e. The predicted molar refractivity (Wildman–Crippen MR) is 86.1 cm³/mol. The Balaban J connectivity index is 2.61. The molecule has 0 saturated carbocycles. The first kappa shape index (κ1) is 15.6. The first-order valence-electron chi connectivity index (χ1n) is 6.68. The molecule has 1 unspecified atom stereocenters. The number of benzene rings is 2. The molecule has 2 aromatic carbocycles. The van der Waals surface area contributed by atoms with Crippen molar-refractivity contribution in [1.82, 2.24) is 0 Å². The fraction of sp³-hybridized carbons (Fsp3) is 0.235. The second-order valence-electron chi connectivity index (χ2n) is 5.21. The summed E-state index contributed by atoms with van der Waals surface area (Å²) in [4.78, 5) is 12.2.